The van der Waals surface area contributed by atoms with Crippen LogP contribution >= 0.6 is 11.6 Å². The van der Waals surface area contributed by atoms with Gasteiger partial charge >= 0.3 is 11.9 Å². The number of nitrogens with zero attached hydrogens (tertiary/aromatic N) is 2. The number of sulfone groups is 1. The van der Waals surface area contributed by atoms with Crippen LogP contribution in [-0.2, 0) is 33.7 Å². The molecule has 9 nitrogen and oxygen atoms in total. The summed E-state index contributed by atoms with van der Waals surface area (Å²) in [5, 5.41) is -1.44. The Hall–Kier alpha value is -4.02. The highest BCUT2D eigenvalue weighted by Crippen LogP contribution is 2.50. The van der Waals surface area contributed by atoms with E-state index in [0.29, 0.717) is 16.8 Å². The number of hydrogen-bond acceptors (Lipinski definition) is 8. The minimum atomic E-state index is -4.31. The standard InChI is InChI=1S/C29H25ClN2O7S/c1-29(18-38-23(33)17-30)25(28(35)39-24(19-10-4-2-5-11-19)20-12-6-3-7-13-20)32-26(34)22(27(32)40(29,36)37)16-21-14-8-9-15-31-21/h2-16,24-25,27H,17-18H2,1H3/t25-,27+,29-/m0/s1. The van der Waals surface area contributed by atoms with E-state index < -0.39 is 62.4 Å². The Kier molecular flexibility index (Phi) is 7.48. The van der Waals surface area contributed by atoms with Crippen molar-refractivity contribution < 1.29 is 32.3 Å². The minimum Gasteiger partial charge on any atom is -0.463 e. The van der Waals surface area contributed by atoms with Crippen molar-refractivity contribution >= 4 is 45.4 Å². The Bertz CT molecular complexity index is 1530. The molecule has 0 spiro atoms. The molecule has 3 heterocycles. The number of alkyl halides is 1. The van der Waals surface area contributed by atoms with Gasteiger partial charge in [0.25, 0.3) is 5.91 Å². The molecular formula is C29H25ClN2O7S. The number of ether oxygens (including phenoxy) is 2. The average Bonchev–Trinajstić information content (AvgIpc) is 3.14. The smallest absolute Gasteiger partial charge is 0.331 e. The first-order valence-electron chi connectivity index (χ1n) is 12.4. The molecule has 206 valence electrons. The van der Waals surface area contributed by atoms with E-state index in [2.05, 4.69) is 4.98 Å². The van der Waals surface area contributed by atoms with E-state index in [1.54, 1.807) is 66.7 Å². The van der Waals surface area contributed by atoms with Crippen LogP contribution in [-0.4, -0.2) is 64.8 Å². The van der Waals surface area contributed by atoms with E-state index in [0.717, 1.165) is 4.90 Å². The molecule has 0 aliphatic carbocycles. The first-order valence-corrected chi connectivity index (χ1v) is 14.5. The fourth-order valence-corrected chi connectivity index (χ4v) is 7.37. The summed E-state index contributed by atoms with van der Waals surface area (Å²) in [5.74, 6) is -2.96. The average molecular weight is 581 g/mol. The predicted molar refractivity (Wildman–Crippen MR) is 146 cm³/mol. The van der Waals surface area contributed by atoms with Gasteiger partial charge in [-0.3, -0.25) is 14.6 Å². The molecule has 2 saturated heterocycles. The lowest BCUT2D eigenvalue weighted by molar-refractivity contribution is -0.162. The molecule has 0 N–H and O–H groups in total. The van der Waals surface area contributed by atoms with E-state index >= 15 is 0 Å². The van der Waals surface area contributed by atoms with Gasteiger partial charge in [0.1, 0.15) is 17.2 Å². The van der Waals surface area contributed by atoms with Gasteiger partial charge < -0.3 is 14.4 Å². The van der Waals surface area contributed by atoms with Crippen molar-refractivity contribution in [1.29, 1.82) is 0 Å². The number of fused-ring (bicyclic) bond motifs is 1. The maximum atomic E-state index is 14.0. The third-order valence-corrected chi connectivity index (χ3v) is 10.0. The number of rotatable bonds is 8. The monoisotopic (exact) mass is 580 g/mol. The summed E-state index contributed by atoms with van der Waals surface area (Å²) in [6, 6.07) is 21.3. The maximum Gasteiger partial charge on any atom is 0.331 e. The molecule has 2 aromatic carbocycles. The molecule has 11 heteroatoms. The summed E-state index contributed by atoms with van der Waals surface area (Å²) in [5.41, 5.74) is 1.66. The van der Waals surface area contributed by atoms with Gasteiger partial charge in [0.05, 0.1) is 11.3 Å². The zero-order valence-corrected chi connectivity index (χ0v) is 22.9. The first-order chi connectivity index (χ1) is 19.2. The van der Waals surface area contributed by atoms with E-state index in [1.165, 1.54) is 19.2 Å². The fourth-order valence-electron chi connectivity index (χ4n) is 5.02. The molecule has 1 aromatic heterocycles. The number of amides is 1. The highest BCUT2D eigenvalue weighted by molar-refractivity contribution is 7.94. The Balaban J connectivity index is 1.56. The molecule has 1 amide bonds. The zero-order valence-electron chi connectivity index (χ0n) is 21.3. The molecule has 0 unspecified atom stereocenters. The molecule has 2 aliphatic heterocycles. The lowest BCUT2D eigenvalue weighted by Crippen LogP contribution is -2.60. The van der Waals surface area contributed by atoms with Crippen molar-refractivity contribution in [2.45, 2.75) is 29.2 Å². The highest BCUT2D eigenvalue weighted by Gasteiger charge is 2.73. The second-order valence-corrected chi connectivity index (χ2v) is 12.3. The van der Waals surface area contributed by atoms with Gasteiger partial charge in [-0.15, -0.1) is 11.6 Å². The van der Waals surface area contributed by atoms with Crippen molar-refractivity contribution in [2.24, 2.45) is 0 Å². The molecule has 2 aliphatic rings. The molecule has 3 aromatic rings. The van der Waals surface area contributed by atoms with Crippen molar-refractivity contribution in [3.8, 4) is 0 Å². The third-order valence-electron chi connectivity index (χ3n) is 7.08. The third kappa shape index (κ3) is 4.67. The topological polar surface area (TPSA) is 120 Å². The number of carbonyl (C=O) groups excluding carboxylic acids is 3. The number of β-lactam (4-membered cyclic amide) rings is 1. The highest BCUT2D eigenvalue weighted by atomic mass is 35.5. The molecule has 0 saturated carbocycles. The van der Waals surface area contributed by atoms with E-state index in [4.69, 9.17) is 21.1 Å². The van der Waals surface area contributed by atoms with Crippen LogP contribution in [0.15, 0.2) is 90.6 Å². The van der Waals surface area contributed by atoms with Crippen LogP contribution in [0.2, 0.25) is 0 Å². The van der Waals surface area contributed by atoms with Gasteiger partial charge in [-0.05, 0) is 36.3 Å². The summed E-state index contributed by atoms with van der Waals surface area (Å²) in [7, 11) is -4.31. The number of halogens is 1. The van der Waals surface area contributed by atoms with E-state index in [1.807, 2.05) is 12.1 Å². The van der Waals surface area contributed by atoms with Crippen LogP contribution in [0.1, 0.15) is 29.8 Å². The van der Waals surface area contributed by atoms with Gasteiger partial charge in [0, 0.05) is 6.20 Å². The summed E-state index contributed by atoms with van der Waals surface area (Å²) in [6.45, 7) is 0.582. The van der Waals surface area contributed by atoms with Crippen molar-refractivity contribution in [3.05, 3.63) is 107 Å². The Morgan fingerprint density at radius 2 is 1.62 bits per heavy atom. The van der Waals surface area contributed by atoms with Gasteiger partial charge in [0.2, 0.25) is 0 Å². The summed E-state index contributed by atoms with van der Waals surface area (Å²) in [6.07, 6.45) is 2.02. The number of benzene rings is 2. The molecule has 2 fully saturated rings. The van der Waals surface area contributed by atoms with E-state index in [-0.39, 0.29) is 5.57 Å². The second kappa shape index (κ2) is 10.9. The Morgan fingerprint density at radius 3 is 2.17 bits per heavy atom. The summed E-state index contributed by atoms with van der Waals surface area (Å²) >= 11 is 5.57. The number of carbonyl (C=O) groups is 3. The number of esters is 2. The summed E-state index contributed by atoms with van der Waals surface area (Å²) in [4.78, 5) is 44.4. The van der Waals surface area contributed by atoms with E-state index in [9.17, 15) is 22.8 Å². The van der Waals surface area contributed by atoms with Crippen molar-refractivity contribution in [1.82, 2.24) is 9.88 Å². The van der Waals surface area contributed by atoms with Crippen LogP contribution < -0.4 is 0 Å². The molecule has 5 rings (SSSR count). The molecule has 0 radical (unpaired) electrons. The van der Waals surface area contributed by atoms with Gasteiger partial charge in [0.15, 0.2) is 27.4 Å². The van der Waals surface area contributed by atoms with Gasteiger partial charge in [-0.2, -0.15) is 0 Å². The molecule has 0 bridgehead atoms. The molecule has 40 heavy (non-hydrogen) atoms. The minimum absolute atomic E-state index is 0.0356. The lowest BCUT2D eigenvalue weighted by Gasteiger charge is -2.39. The van der Waals surface area contributed by atoms with Crippen LogP contribution in [0.25, 0.3) is 6.08 Å². The zero-order chi connectivity index (χ0) is 28.5. The number of aromatic nitrogens is 1. The van der Waals surface area contributed by atoms with Crippen LogP contribution in [0.4, 0.5) is 0 Å². The SMILES string of the molecule is C[C@]1(COC(=O)CCl)[C@H](C(=O)OC(c2ccccc2)c2ccccc2)N2C(=O)C(=Cc3ccccn3)[C@H]2S1(=O)=O. The van der Waals surface area contributed by atoms with Gasteiger partial charge in [-0.1, -0.05) is 66.7 Å². The Morgan fingerprint density at radius 1 is 1.02 bits per heavy atom. The van der Waals surface area contributed by atoms with Crippen molar-refractivity contribution in [3.63, 3.8) is 0 Å². The first kappa shape index (κ1) is 27.5. The normalized spacial score (nSPS) is 23.9. The van der Waals surface area contributed by atoms with Crippen LogP contribution in [0, 0.1) is 0 Å². The van der Waals surface area contributed by atoms with Crippen LogP contribution in [0.3, 0.4) is 0 Å². The Labute approximate surface area is 236 Å². The molecular weight excluding hydrogens is 556 g/mol. The fraction of sp³-hybridized carbons (Fsp3) is 0.241. The summed E-state index contributed by atoms with van der Waals surface area (Å²) < 4.78 is 37.1. The van der Waals surface area contributed by atoms with Gasteiger partial charge in [-0.25, -0.2) is 13.2 Å². The quantitative estimate of drug-likeness (QED) is 0.172. The predicted octanol–water partition coefficient (Wildman–Crippen LogP) is 3.30. The number of pyridine rings is 1. The van der Waals surface area contributed by atoms with Crippen molar-refractivity contribution in [2.75, 3.05) is 12.5 Å². The van der Waals surface area contributed by atoms with Crippen LogP contribution in [0.5, 0.6) is 0 Å². The largest absolute Gasteiger partial charge is 0.463 e. The maximum absolute atomic E-state index is 14.0. The number of hydrogen-bond donors (Lipinski definition) is 0. The lowest BCUT2D eigenvalue weighted by atomic mass is 9.94. The second-order valence-electron chi connectivity index (χ2n) is 9.61. The molecule has 3 atom stereocenters.